The fraction of sp³-hybridized carbons (Fsp3) is 0.263. The van der Waals surface area contributed by atoms with Gasteiger partial charge in [0.1, 0.15) is 5.82 Å². The number of sulfone groups is 1. The Balaban J connectivity index is 1.53. The van der Waals surface area contributed by atoms with Crippen LogP contribution in [-0.2, 0) is 29.3 Å². The number of rotatable bonds is 4. The lowest BCUT2D eigenvalue weighted by atomic mass is 10.1. The van der Waals surface area contributed by atoms with E-state index in [1.165, 1.54) is 17.4 Å². The van der Waals surface area contributed by atoms with Crippen molar-refractivity contribution in [3.63, 3.8) is 0 Å². The van der Waals surface area contributed by atoms with Crippen LogP contribution in [0.25, 0.3) is 10.4 Å². The van der Waals surface area contributed by atoms with Crippen molar-refractivity contribution in [1.82, 2.24) is 14.9 Å². The highest BCUT2D eigenvalue weighted by Gasteiger charge is 2.24. The third-order valence-electron chi connectivity index (χ3n) is 4.66. The topological polar surface area (TPSA) is 83.1 Å². The summed E-state index contributed by atoms with van der Waals surface area (Å²) in [7, 11) is -3.56. The molecule has 0 radical (unpaired) electrons. The van der Waals surface area contributed by atoms with Crippen LogP contribution in [0.4, 0.5) is 4.39 Å². The van der Waals surface area contributed by atoms with Crippen molar-refractivity contribution in [2.24, 2.45) is 0 Å². The summed E-state index contributed by atoms with van der Waals surface area (Å²) in [6, 6.07) is 10.6. The van der Waals surface area contributed by atoms with Gasteiger partial charge in [0.15, 0.2) is 0 Å². The molecule has 0 fully saturated rings. The smallest absolute Gasteiger partial charge is 0.256 e. The summed E-state index contributed by atoms with van der Waals surface area (Å²) in [5.74, 6) is -0.248. The molecule has 0 aliphatic carbocycles. The molecule has 9 heteroatoms. The van der Waals surface area contributed by atoms with Crippen LogP contribution in [0.15, 0.2) is 46.3 Å². The molecular weight excluding hydrogens is 401 g/mol. The number of halogens is 1. The molecule has 3 aromatic rings. The minimum absolute atomic E-state index is 0.248. The molecule has 0 atom stereocenters. The average molecular weight is 420 g/mol. The van der Waals surface area contributed by atoms with Crippen molar-refractivity contribution in [3.8, 4) is 10.4 Å². The normalized spacial score (nSPS) is 14.8. The summed E-state index contributed by atoms with van der Waals surface area (Å²) >= 11 is 1.52. The molecule has 0 saturated heterocycles. The molecule has 0 bridgehead atoms. The summed E-state index contributed by atoms with van der Waals surface area (Å²) in [5, 5.41) is -0.280. The summed E-state index contributed by atoms with van der Waals surface area (Å²) in [5.41, 5.74) is 1.22. The van der Waals surface area contributed by atoms with Gasteiger partial charge in [-0.25, -0.2) is 17.8 Å². The number of nitrogens with one attached hydrogen (secondary N) is 1. The minimum atomic E-state index is -3.56. The molecule has 6 nitrogen and oxygen atoms in total. The number of benzene rings is 1. The van der Waals surface area contributed by atoms with Gasteiger partial charge in [-0.1, -0.05) is 18.2 Å². The fourth-order valence-corrected chi connectivity index (χ4v) is 4.89. The first kappa shape index (κ1) is 19.0. The van der Waals surface area contributed by atoms with E-state index in [9.17, 15) is 17.6 Å². The quantitative estimate of drug-likeness (QED) is 0.658. The van der Waals surface area contributed by atoms with E-state index in [0.29, 0.717) is 42.9 Å². The molecule has 28 heavy (non-hydrogen) atoms. The first-order valence-electron chi connectivity index (χ1n) is 8.69. The lowest BCUT2D eigenvalue weighted by Crippen LogP contribution is -2.35. The van der Waals surface area contributed by atoms with Crippen molar-refractivity contribution in [1.29, 1.82) is 0 Å². The monoisotopic (exact) mass is 419 g/mol. The van der Waals surface area contributed by atoms with E-state index in [1.807, 2.05) is 18.2 Å². The number of hydrogen-bond donors (Lipinski definition) is 1. The third kappa shape index (κ3) is 3.78. The van der Waals surface area contributed by atoms with Crippen LogP contribution in [-0.4, -0.2) is 36.1 Å². The molecule has 1 aliphatic rings. The molecule has 2 aromatic heterocycles. The van der Waals surface area contributed by atoms with E-state index in [2.05, 4.69) is 14.9 Å². The largest absolute Gasteiger partial charge is 0.297 e. The molecule has 1 N–H and O–H groups in total. The van der Waals surface area contributed by atoms with Crippen LogP contribution in [0, 0.1) is 5.82 Å². The summed E-state index contributed by atoms with van der Waals surface area (Å²) in [4.78, 5) is 22.9. The maximum atomic E-state index is 14.0. The molecule has 1 aliphatic heterocycles. The molecule has 0 unspecified atom stereocenters. The highest BCUT2D eigenvalue weighted by molar-refractivity contribution is 7.90. The SMILES string of the molecule is CS(=O)(=O)c1nc2c(c(=O)[nH]1)CN(Cc1ccc(-c3ccccc3F)s1)CC2. The van der Waals surface area contributed by atoms with E-state index in [0.717, 1.165) is 16.0 Å². The second kappa shape index (κ2) is 7.23. The first-order chi connectivity index (χ1) is 13.3. The second-order valence-corrected chi connectivity index (χ2v) is 9.87. The van der Waals surface area contributed by atoms with Gasteiger partial charge in [-0.2, -0.15) is 0 Å². The van der Waals surface area contributed by atoms with E-state index < -0.39 is 15.4 Å². The number of fused-ring (bicyclic) bond motifs is 1. The van der Waals surface area contributed by atoms with Crippen LogP contribution in [0.2, 0.25) is 0 Å². The van der Waals surface area contributed by atoms with Gasteiger partial charge in [0.05, 0.1) is 11.3 Å². The van der Waals surface area contributed by atoms with Crippen LogP contribution in [0.5, 0.6) is 0 Å². The summed E-state index contributed by atoms with van der Waals surface area (Å²) in [6.07, 6.45) is 1.53. The predicted molar refractivity (Wildman–Crippen MR) is 105 cm³/mol. The molecule has 1 aromatic carbocycles. The number of hydrogen-bond acceptors (Lipinski definition) is 6. The first-order valence-corrected chi connectivity index (χ1v) is 11.4. The fourth-order valence-electron chi connectivity index (χ4n) is 3.26. The third-order valence-corrected chi connectivity index (χ3v) is 6.66. The molecule has 0 amide bonds. The maximum Gasteiger partial charge on any atom is 0.256 e. The van der Waals surface area contributed by atoms with Gasteiger partial charge in [0.2, 0.25) is 15.0 Å². The Hall–Kier alpha value is -2.36. The van der Waals surface area contributed by atoms with E-state index in [4.69, 9.17) is 0 Å². The Morgan fingerprint density at radius 2 is 2.04 bits per heavy atom. The number of H-pyrrole nitrogens is 1. The predicted octanol–water partition coefficient (Wildman–Crippen LogP) is 2.60. The standard InChI is InChI=1S/C19H18FN3O3S2/c1-28(25,26)19-21-16-8-9-23(11-14(16)18(24)22-19)10-12-6-7-17(27-12)13-4-2-3-5-15(13)20/h2-7H,8-11H2,1H3,(H,21,22,24). The zero-order valence-electron chi connectivity index (χ0n) is 15.1. The molecule has 0 saturated carbocycles. The Bertz CT molecular complexity index is 1200. The minimum Gasteiger partial charge on any atom is -0.297 e. The van der Waals surface area contributed by atoms with Crippen LogP contribution in [0.3, 0.4) is 0 Å². The van der Waals surface area contributed by atoms with E-state index in [1.54, 1.807) is 12.1 Å². The van der Waals surface area contributed by atoms with Crippen molar-refractivity contribution in [2.45, 2.75) is 24.7 Å². The van der Waals surface area contributed by atoms with Gasteiger partial charge in [-0.3, -0.25) is 14.7 Å². The van der Waals surface area contributed by atoms with Crippen molar-refractivity contribution in [3.05, 3.63) is 68.7 Å². The van der Waals surface area contributed by atoms with Crippen LogP contribution < -0.4 is 5.56 Å². The summed E-state index contributed by atoms with van der Waals surface area (Å²) < 4.78 is 37.3. The lowest BCUT2D eigenvalue weighted by Gasteiger charge is -2.27. The molecule has 3 heterocycles. The van der Waals surface area contributed by atoms with Crippen LogP contribution >= 0.6 is 11.3 Å². The lowest BCUT2D eigenvalue weighted by molar-refractivity contribution is 0.243. The average Bonchev–Trinajstić information content (AvgIpc) is 3.10. The molecule has 4 rings (SSSR count). The van der Waals surface area contributed by atoms with E-state index >= 15 is 0 Å². The number of aromatic amines is 1. The Labute approximate surface area is 165 Å². The Kier molecular flexibility index (Phi) is 4.90. The zero-order chi connectivity index (χ0) is 19.9. The molecule has 0 spiro atoms. The van der Waals surface area contributed by atoms with Crippen molar-refractivity contribution in [2.75, 3.05) is 12.8 Å². The number of aromatic nitrogens is 2. The second-order valence-electron chi connectivity index (χ2n) is 6.77. The van der Waals surface area contributed by atoms with Crippen molar-refractivity contribution < 1.29 is 12.8 Å². The van der Waals surface area contributed by atoms with Gasteiger partial charge < -0.3 is 0 Å². The zero-order valence-corrected chi connectivity index (χ0v) is 16.7. The van der Waals surface area contributed by atoms with Gasteiger partial charge in [-0.15, -0.1) is 11.3 Å². The number of thiophene rings is 1. The van der Waals surface area contributed by atoms with Gasteiger partial charge in [0.25, 0.3) is 5.56 Å². The molecular formula is C19H18FN3O3S2. The van der Waals surface area contributed by atoms with Crippen molar-refractivity contribution >= 4 is 21.2 Å². The molecule has 146 valence electrons. The number of nitrogens with zero attached hydrogens (tertiary/aromatic N) is 2. The highest BCUT2D eigenvalue weighted by Crippen LogP contribution is 2.31. The van der Waals surface area contributed by atoms with Crippen LogP contribution in [0.1, 0.15) is 16.1 Å². The van der Waals surface area contributed by atoms with Gasteiger partial charge in [0, 0.05) is 47.6 Å². The Morgan fingerprint density at radius 1 is 1.25 bits per heavy atom. The van der Waals surface area contributed by atoms with Gasteiger partial charge >= 0.3 is 0 Å². The highest BCUT2D eigenvalue weighted by atomic mass is 32.2. The van der Waals surface area contributed by atoms with E-state index in [-0.39, 0.29) is 11.0 Å². The van der Waals surface area contributed by atoms with Gasteiger partial charge in [-0.05, 0) is 18.2 Å². The summed E-state index contributed by atoms with van der Waals surface area (Å²) in [6.45, 7) is 1.69. The Morgan fingerprint density at radius 3 is 2.79 bits per heavy atom. The maximum absolute atomic E-state index is 14.0.